The number of nitrogens with one attached hydrogen (secondary N) is 1. The molecule has 40 heavy (non-hydrogen) atoms. The normalized spacial score (nSPS) is 12.3. The number of halogens is 1. The van der Waals surface area contributed by atoms with Crippen LogP contribution < -0.4 is 14.4 Å². The number of nitrogens with zero attached hydrogens (tertiary/aromatic N) is 2. The molecule has 0 aliphatic heterocycles. The Hall–Kier alpha value is -3.56. The van der Waals surface area contributed by atoms with Gasteiger partial charge in [0.2, 0.25) is 11.8 Å². The SMILES string of the molecule is CC[C@H](C(=O)NC(C)(C)C)N(Cc1ccc(Cl)cc1)C(=O)CN(c1cccc(OC)c1)S(=O)(=O)c1ccccc1. The Bertz CT molecular complexity index is 1410. The summed E-state index contributed by atoms with van der Waals surface area (Å²) in [5, 5.41) is 3.49. The van der Waals surface area contributed by atoms with Gasteiger partial charge < -0.3 is 15.0 Å². The van der Waals surface area contributed by atoms with Crippen LogP contribution in [0.15, 0.2) is 83.8 Å². The molecule has 0 aliphatic carbocycles. The van der Waals surface area contributed by atoms with Crippen LogP contribution in [0, 0.1) is 0 Å². The second-order valence-electron chi connectivity index (χ2n) is 10.3. The quantitative estimate of drug-likeness (QED) is 0.331. The topological polar surface area (TPSA) is 96.0 Å². The molecule has 0 radical (unpaired) electrons. The summed E-state index contributed by atoms with van der Waals surface area (Å²) in [5.74, 6) is -0.420. The molecule has 0 fully saturated rings. The van der Waals surface area contributed by atoms with E-state index in [1.54, 1.807) is 66.7 Å². The summed E-state index contributed by atoms with van der Waals surface area (Å²) in [6.45, 7) is 6.95. The molecule has 0 spiro atoms. The zero-order valence-electron chi connectivity index (χ0n) is 23.4. The monoisotopic (exact) mass is 585 g/mol. The Labute approximate surface area is 241 Å². The summed E-state index contributed by atoms with van der Waals surface area (Å²) >= 11 is 6.07. The van der Waals surface area contributed by atoms with Crippen LogP contribution in [0.3, 0.4) is 0 Å². The van der Waals surface area contributed by atoms with Crippen LogP contribution in [0.2, 0.25) is 5.02 Å². The molecular weight excluding hydrogens is 550 g/mol. The number of carbonyl (C=O) groups excluding carboxylic acids is 2. The van der Waals surface area contributed by atoms with E-state index in [0.29, 0.717) is 17.2 Å². The molecule has 2 amide bonds. The van der Waals surface area contributed by atoms with Gasteiger partial charge in [0.25, 0.3) is 10.0 Å². The first kappa shape index (κ1) is 31.0. The summed E-state index contributed by atoms with van der Waals surface area (Å²) in [5.41, 5.74) is 0.483. The van der Waals surface area contributed by atoms with E-state index < -0.39 is 34.1 Å². The average Bonchev–Trinajstić information content (AvgIpc) is 2.92. The number of ether oxygens (including phenoxy) is 1. The van der Waals surface area contributed by atoms with Crippen LogP contribution in [0.1, 0.15) is 39.7 Å². The minimum atomic E-state index is -4.16. The fraction of sp³-hybridized carbons (Fsp3) is 0.333. The lowest BCUT2D eigenvalue weighted by atomic mass is 10.1. The van der Waals surface area contributed by atoms with Gasteiger partial charge in [-0.05, 0) is 69.2 Å². The predicted octanol–water partition coefficient (Wildman–Crippen LogP) is 5.27. The number of methoxy groups -OCH3 is 1. The van der Waals surface area contributed by atoms with Crippen molar-refractivity contribution in [2.24, 2.45) is 0 Å². The van der Waals surface area contributed by atoms with E-state index in [4.69, 9.17) is 16.3 Å². The van der Waals surface area contributed by atoms with E-state index in [2.05, 4.69) is 5.32 Å². The standard InChI is InChI=1S/C30H36ClN3O5S/c1-6-27(29(36)32-30(2,3)4)33(20-22-15-17-23(31)18-16-22)28(35)21-34(24-11-10-12-25(19-24)39-5)40(37,38)26-13-8-7-9-14-26/h7-19,27H,6,20-21H2,1-5H3,(H,32,36)/t27-/m1/s1. The van der Waals surface area contributed by atoms with E-state index in [1.807, 2.05) is 27.7 Å². The lowest BCUT2D eigenvalue weighted by molar-refractivity contribution is -0.141. The molecule has 0 aliphatic rings. The fourth-order valence-corrected chi connectivity index (χ4v) is 5.73. The Morgan fingerprint density at radius 3 is 2.20 bits per heavy atom. The lowest BCUT2D eigenvalue weighted by Gasteiger charge is -2.34. The molecule has 0 unspecified atom stereocenters. The minimum absolute atomic E-state index is 0.0346. The maximum absolute atomic E-state index is 14.1. The zero-order valence-corrected chi connectivity index (χ0v) is 25.0. The Morgan fingerprint density at radius 2 is 1.62 bits per heavy atom. The lowest BCUT2D eigenvalue weighted by Crippen LogP contribution is -2.55. The Kier molecular flexibility index (Phi) is 10.2. The van der Waals surface area contributed by atoms with Crippen molar-refractivity contribution in [2.45, 2.75) is 57.1 Å². The third kappa shape index (κ3) is 7.99. The van der Waals surface area contributed by atoms with Crippen LogP contribution in [0.5, 0.6) is 5.75 Å². The minimum Gasteiger partial charge on any atom is -0.497 e. The fourth-order valence-electron chi connectivity index (χ4n) is 4.17. The number of sulfonamides is 1. The Balaban J connectivity index is 2.07. The molecule has 3 aromatic carbocycles. The van der Waals surface area contributed by atoms with E-state index in [0.717, 1.165) is 9.87 Å². The molecule has 10 heteroatoms. The molecule has 0 saturated carbocycles. The van der Waals surface area contributed by atoms with Crippen LogP contribution in [-0.2, 0) is 26.2 Å². The highest BCUT2D eigenvalue weighted by Crippen LogP contribution is 2.28. The molecule has 3 rings (SSSR count). The van der Waals surface area contributed by atoms with Crippen molar-refractivity contribution in [3.05, 3.63) is 89.4 Å². The third-order valence-electron chi connectivity index (χ3n) is 6.10. The highest BCUT2D eigenvalue weighted by Gasteiger charge is 2.34. The average molecular weight is 586 g/mol. The maximum atomic E-state index is 14.1. The van der Waals surface area contributed by atoms with Gasteiger partial charge >= 0.3 is 0 Å². The largest absolute Gasteiger partial charge is 0.497 e. The van der Waals surface area contributed by atoms with E-state index >= 15 is 0 Å². The molecule has 3 aromatic rings. The van der Waals surface area contributed by atoms with Gasteiger partial charge in [0.05, 0.1) is 17.7 Å². The van der Waals surface area contributed by atoms with Crippen molar-refractivity contribution in [1.82, 2.24) is 10.2 Å². The molecule has 0 aromatic heterocycles. The number of hydrogen-bond acceptors (Lipinski definition) is 5. The van der Waals surface area contributed by atoms with Crippen molar-refractivity contribution in [1.29, 1.82) is 0 Å². The van der Waals surface area contributed by atoms with Crippen LogP contribution in [-0.4, -0.2) is 50.4 Å². The van der Waals surface area contributed by atoms with Gasteiger partial charge in [-0.15, -0.1) is 0 Å². The maximum Gasteiger partial charge on any atom is 0.264 e. The Morgan fingerprint density at radius 1 is 0.975 bits per heavy atom. The molecular formula is C30H36ClN3O5S. The van der Waals surface area contributed by atoms with Crippen molar-refractivity contribution >= 4 is 39.1 Å². The van der Waals surface area contributed by atoms with Crippen LogP contribution in [0.4, 0.5) is 5.69 Å². The molecule has 0 heterocycles. The van der Waals surface area contributed by atoms with Crippen molar-refractivity contribution in [2.75, 3.05) is 18.0 Å². The summed E-state index contributed by atoms with van der Waals surface area (Å²) in [6.07, 6.45) is 0.325. The smallest absolute Gasteiger partial charge is 0.264 e. The van der Waals surface area contributed by atoms with Gasteiger partial charge in [-0.3, -0.25) is 13.9 Å². The van der Waals surface area contributed by atoms with Gasteiger partial charge in [0.1, 0.15) is 18.3 Å². The summed E-state index contributed by atoms with van der Waals surface area (Å²) < 4.78 is 34.1. The first-order chi connectivity index (χ1) is 18.9. The van der Waals surface area contributed by atoms with E-state index in [-0.39, 0.29) is 23.0 Å². The number of rotatable bonds is 11. The molecule has 1 N–H and O–H groups in total. The first-order valence-corrected chi connectivity index (χ1v) is 14.8. The van der Waals surface area contributed by atoms with Crippen LogP contribution >= 0.6 is 11.6 Å². The predicted molar refractivity (Wildman–Crippen MR) is 158 cm³/mol. The summed E-state index contributed by atoms with van der Waals surface area (Å²) in [7, 11) is -2.68. The van der Waals surface area contributed by atoms with Crippen molar-refractivity contribution in [3.63, 3.8) is 0 Å². The van der Waals surface area contributed by atoms with Crippen molar-refractivity contribution in [3.8, 4) is 5.75 Å². The molecule has 214 valence electrons. The van der Waals surface area contributed by atoms with E-state index in [9.17, 15) is 18.0 Å². The number of anilines is 1. The second kappa shape index (κ2) is 13.2. The van der Waals surface area contributed by atoms with Crippen molar-refractivity contribution < 1.29 is 22.7 Å². The van der Waals surface area contributed by atoms with E-state index in [1.165, 1.54) is 24.1 Å². The highest BCUT2D eigenvalue weighted by molar-refractivity contribution is 7.92. The third-order valence-corrected chi connectivity index (χ3v) is 8.14. The number of amides is 2. The van der Waals surface area contributed by atoms with Gasteiger partial charge in [-0.25, -0.2) is 8.42 Å². The number of benzene rings is 3. The summed E-state index contributed by atoms with van der Waals surface area (Å²) in [4.78, 5) is 28.9. The number of carbonyl (C=O) groups is 2. The molecule has 0 saturated heterocycles. The molecule has 8 nitrogen and oxygen atoms in total. The van der Waals surface area contributed by atoms with Crippen LogP contribution in [0.25, 0.3) is 0 Å². The van der Waals surface area contributed by atoms with Gasteiger partial charge in [0, 0.05) is 23.2 Å². The molecule has 0 bridgehead atoms. The van der Waals surface area contributed by atoms with Gasteiger partial charge in [-0.1, -0.05) is 54.9 Å². The molecule has 1 atom stereocenters. The first-order valence-electron chi connectivity index (χ1n) is 12.9. The second-order valence-corrected chi connectivity index (χ2v) is 12.6. The number of hydrogen-bond donors (Lipinski definition) is 1. The van der Waals surface area contributed by atoms with Gasteiger partial charge in [0.15, 0.2) is 0 Å². The van der Waals surface area contributed by atoms with Gasteiger partial charge in [-0.2, -0.15) is 0 Å². The summed E-state index contributed by atoms with van der Waals surface area (Å²) in [6, 6.07) is 20.5. The zero-order chi connectivity index (χ0) is 29.5. The highest BCUT2D eigenvalue weighted by atomic mass is 35.5.